The summed E-state index contributed by atoms with van der Waals surface area (Å²) in [5.74, 6) is 1.37. The van der Waals surface area contributed by atoms with E-state index in [2.05, 4.69) is 41.5 Å². The molecule has 0 saturated carbocycles. The lowest BCUT2D eigenvalue weighted by atomic mass is 10.2. The molecule has 17 heavy (non-hydrogen) atoms. The van der Waals surface area contributed by atoms with Gasteiger partial charge in [-0.15, -0.1) is 0 Å². The Hall–Kier alpha value is -1.52. The van der Waals surface area contributed by atoms with Crippen LogP contribution >= 0.6 is 0 Å². The quantitative estimate of drug-likeness (QED) is 0.575. The van der Waals surface area contributed by atoms with Gasteiger partial charge in [0.25, 0.3) is 0 Å². The summed E-state index contributed by atoms with van der Waals surface area (Å²) in [6.07, 6.45) is 3.79. The molecular weight excluding hydrogens is 214 g/mol. The first-order chi connectivity index (χ1) is 8.26. The summed E-state index contributed by atoms with van der Waals surface area (Å²) in [7, 11) is 0. The van der Waals surface area contributed by atoms with Crippen LogP contribution in [-0.4, -0.2) is 35.4 Å². The van der Waals surface area contributed by atoms with E-state index >= 15 is 0 Å². The van der Waals surface area contributed by atoms with Crippen LogP contribution in [0, 0.1) is 5.92 Å². The first-order valence-electron chi connectivity index (χ1n) is 6.25. The lowest BCUT2D eigenvalue weighted by Crippen LogP contribution is -2.37. The van der Waals surface area contributed by atoms with E-state index in [9.17, 15) is 0 Å². The van der Waals surface area contributed by atoms with Gasteiger partial charge in [0, 0.05) is 38.6 Å². The van der Waals surface area contributed by atoms with Gasteiger partial charge in [-0.25, -0.2) is 0 Å². The lowest BCUT2D eigenvalue weighted by Gasteiger charge is -2.12. The zero-order valence-electron chi connectivity index (χ0n) is 11.0. The zero-order chi connectivity index (χ0) is 12.5. The van der Waals surface area contributed by atoms with Crippen LogP contribution in [0.1, 0.15) is 20.8 Å². The normalized spacial score (nSPS) is 11.9. The fourth-order valence-corrected chi connectivity index (χ4v) is 1.54. The van der Waals surface area contributed by atoms with E-state index < -0.39 is 0 Å². The van der Waals surface area contributed by atoms with Crippen molar-refractivity contribution in [3.8, 4) is 0 Å². The number of nitrogens with one attached hydrogen (secondary N) is 2. The van der Waals surface area contributed by atoms with Gasteiger partial charge in [0.05, 0.1) is 0 Å². The second kappa shape index (κ2) is 7.70. The van der Waals surface area contributed by atoms with Crippen LogP contribution in [0.2, 0.25) is 0 Å². The first kappa shape index (κ1) is 13.5. The minimum atomic E-state index is 0.474. The molecule has 1 unspecified atom stereocenters. The zero-order valence-corrected chi connectivity index (χ0v) is 11.0. The van der Waals surface area contributed by atoms with Crippen LogP contribution in [0.5, 0.6) is 0 Å². The van der Waals surface area contributed by atoms with Crippen molar-refractivity contribution in [1.82, 2.24) is 20.4 Å². The minimum absolute atomic E-state index is 0.474. The lowest BCUT2D eigenvalue weighted by molar-refractivity contribution is 0.458. The molecule has 5 nitrogen and oxygen atoms in total. The Labute approximate surface area is 103 Å². The molecule has 0 radical (unpaired) electrons. The highest BCUT2D eigenvalue weighted by Gasteiger charge is 2.03. The number of hydrogen-bond acceptors (Lipinski definition) is 2. The molecule has 5 heteroatoms. The molecule has 1 rings (SSSR count). The molecule has 0 bridgehead atoms. The molecule has 0 spiro atoms. The number of aromatic nitrogens is 2. The number of aliphatic imine (C=N–C) groups is 1. The highest BCUT2D eigenvalue weighted by molar-refractivity contribution is 5.79. The smallest absolute Gasteiger partial charge is 0.191 e. The molecule has 1 heterocycles. The van der Waals surface area contributed by atoms with E-state index in [0.29, 0.717) is 5.92 Å². The van der Waals surface area contributed by atoms with Crippen molar-refractivity contribution in [3.63, 3.8) is 0 Å². The Morgan fingerprint density at radius 2 is 2.06 bits per heavy atom. The van der Waals surface area contributed by atoms with Crippen molar-refractivity contribution in [3.05, 3.63) is 18.5 Å². The van der Waals surface area contributed by atoms with Crippen LogP contribution in [0.25, 0.3) is 0 Å². The fourth-order valence-electron chi connectivity index (χ4n) is 1.54. The highest BCUT2D eigenvalue weighted by atomic mass is 15.3. The van der Waals surface area contributed by atoms with Crippen molar-refractivity contribution in [2.45, 2.75) is 27.3 Å². The Bertz CT molecular complexity index is 310. The fraction of sp³-hybridized carbons (Fsp3) is 0.667. The Morgan fingerprint density at radius 3 is 2.59 bits per heavy atom. The van der Waals surface area contributed by atoms with Crippen LogP contribution in [-0.2, 0) is 6.54 Å². The first-order valence-corrected chi connectivity index (χ1v) is 6.25. The molecule has 2 N–H and O–H groups in total. The summed E-state index contributed by atoms with van der Waals surface area (Å²) in [4.78, 5) is 4.54. The van der Waals surface area contributed by atoms with Crippen LogP contribution < -0.4 is 10.6 Å². The summed E-state index contributed by atoms with van der Waals surface area (Å²) >= 11 is 0. The van der Waals surface area contributed by atoms with Crippen LogP contribution in [0.4, 0.5) is 0 Å². The van der Waals surface area contributed by atoms with E-state index in [1.165, 1.54) is 0 Å². The van der Waals surface area contributed by atoms with Crippen molar-refractivity contribution in [1.29, 1.82) is 0 Å². The van der Waals surface area contributed by atoms with Crippen LogP contribution in [0.15, 0.2) is 23.5 Å². The molecule has 0 aliphatic heterocycles. The maximum Gasteiger partial charge on any atom is 0.191 e. The molecule has 0 aliphatic rings. The van der Waals surface area contributed by atoms with Crippen molar-refractivity contribution >= 4 is 5.96 Å². The number of hydrogen-bond donors (Lipinski definition) is 2. The number of guanidine groups is 1. The molecular formula is C12H23N5. The third kappa shape index (κ3) is 5.38. The monoisotopic (exact) mass is 237 g/mol. The van der Waals surface area contributed by atoms with Gasteiger partial charge in [0.2, 0.25) is 0 Å². The van der Waals surface area contributed by atoms with E-state index in [-0.39, 0.29) is 0 Å². The summed E-state index contributed by atoms with van der Waals surface area (Å²) in [6.45, 7) is 9.80. The van der Waals surface area contributed by atoms with Gasteiger partial charge in [-0.2, -0.15) is 5.10 Å². The maximum absolute atomic E-state index is 4.54. The molecule has 1 aromatic heterocycles. The van der Waals surface area contributed by atoms with E-state index in [4.69, 9.17) is 0 Å². The molecule has 0 amide bonds. The van der Waals surface area contributed by atoms with Crippen molar-refractivity contribution in [2.24, 2.45) is 10.9 Å². The summed E-state index contributed by atoms with van der Waals surface area (Å²) in [5.41, 5.74) is 0. The Morgan fingerprint density at radius 1 is 1.35 bits per heavy atom. The van der Waals surface area contributed by atoms with E-state index in [1.54, 1.807) is 6.20 Å². The van der Waals surface area contributed by atoms with E-state index in [0.717, 1.165) is 32.1 Å². The minimum Gasteiger partial charge on any atom is -0.357 e. The molecule has 0 aromatic carbocycles. The van der Waals surface area contributed by atoms with E-state index in [1.807, 2.05) is 16.9 Å². The van der Waals surface area contributed by atoms with Gasteiger partial charge in [-0.1, -0.05) is 6.92 Å². The molecule has 1 aromatic rings. The summed E-state index contributed by atoms with van der Waals surface area (Å²) in [6, 6.07) is 1.94. The second-order valence-corrected chi connectivity index (χ2v) is 4.08. The average Bonchev–Trinajstić information content (AvgIpc) is 2.79. The predicted octanol–water partition coefficient (Wildman–Crippen LogP) is 1.09. The van der Waals surface area contributed by atoms with Gasteiger partial charge < -0.3 is 10.6 Å². The third-order valence-corrected chi connectivity index (χ3v) is 2.31. The SMILES string of the molecule is CCNC(=NCC(C)Cn1cccn1)NCC. The summed E-state index contributed by atoms with van der Waals surface area (Å²) < 4.78 is 1.94. The van der Waals surface area contributed by atoms with Crippen molar-refractivity contribution < 1.29 is 0 Å². The Balaban J connectivity index is 2.38. The van der Waals surface area contributed by atoms with Gasteiger partial charge in [-0.05, 0) is 25.8 Å². The molecule has 1 atom stereocenters. The van der Waals surface area contributed by atoms with Gasteiger partial charge in [0.1, 0.15) is 0 Å². The average molecular weight is 237 g/mol. The highest BCUT2D eigenvalue weighted by Crippen LogP contribution is 1.99. The molecule has 0 saturated heterocycles. The molecule has 0 fully saturated rings. The predicted molar refractivity (Wildman–Crippen MR) is 71.0 cm³/mol. The Kier molecular flexibility index (Phi) is 6.14. The van der Waals surface area contributed by atoms with Gasteiger partial charge in [-0.3, -0.25) is 9.67 Å². The molecule has 0 aliphatic carbocycles. The molecule has 96 valence electrons. The topological polar surface area (TPSA) is 54.2 Å². The largest absolute Gasteiger partial charge is 0.357 e. The van der Waals surface area contributed by atoms with Crippen molar-refractivity contribution in [2.75, 3.05) is 19.6 Å². The van der Waals surface area contributed by atoms with Gasteiger partial charge >= 0.3 is 0 Å². The number of nitrogens with zero attached hydrogens (tertiary/aromatic N) is 3. The third-order valence-electron chi connectivity index (χ3n) is 2.31. The van der Waals surface area contributed by atoms with Gasteiger partial charge in [0.15, 0.2) is 5.96 Å². The van der Waals surface area contributed by atoms with Crippen LogP contribution in [0.3, 0.4) is 0 Å². The maximum atomic E-state index is 4.54. The summed E-state index contributed by atoms with van der Waals surface area (Å²) in [5, 5.41) is 10.6. The standard InChI is InChI=1S/C12H23N5/c1-4-13-12(14-5-2)15-9-11(3)10-17-8-6-7-16-17/h6-8,11H,4-5,9-10H2,1-3H3,(H2,13,14,15). The number of rotatable bonds is 6. The second-order valence-electron chi connectivity index (χ2n) is 4.08.